The Balaban J connectivity index is 1.35. The molecule has 1 aliphatic carbocycles. The molecular weight excluding hydrogens is 348 g/mol. The molecular formula is C20H28N2O3S. The predicted octanol–water partition coefficient (Wildman–Crippen LogP) is 2.98. The number of likely N-dealkylation sites (tertiary alicyclic amines) is 1. The Labute approximate surface area is 159 Å². The van der Waals surface area contributed by atoms with Crippen molar-refractivity contribution >= 4 is 23.2 Å². The molecule has 3 fully saturated rings. The second-order valence-electron chi connectivity index (χ2n) is 8.23. The molecule has 0 aromatic carbocycles. The maximum atomic E-state index is 12.8. The molecule has 6 heteroatoms. The number of thiophene rings is 1. The minimum absolute atomic E-state index is 0.0497. The number of rotatable bonds is 4. The lowest BCUT2D eigenvalue weighted by molar-refractivity contribution is -0.146. The molecule has 4 rings (SSSR count). The molecule has 2 aliphatic heterocycles. The highest BCUT2D eigenvalue weighted by Crippen LogP contribution is 2.43. The number of hydrogen-bond acceptors (Lipinski definition) is 4. The largest absolute Gasteiger partial charge is 0.362 e. The fourth-order valence-electron chi connectivity index (χ4n) is 4.27. The Kier molecular flexibility index (Phi) is 4.82. The van der Waals surface area contributed by atoms with E-state index >= 15 is 0 Å². The Morgan fingerprint density at radius 3 is 2.81 bits per heavy atom. The van der Waals surface area contributed by atoms with Gasteiger partial charge in [0.2, 0.25) is 5.91 Å². The van der Waals surface area contributed by atoms with Crippen molar-refractivity contribution in [1.82, 2.24) is 10.2 Å². The van der Waals surface area contributed by atoms with Crippen LogP contribution in [0.25, 0.3) is 0 Å². The normalized spacial score (nSPS) is 31.4. The van der Waals surface area contributed by atoms with E-state index in [9.17, 15) is 9.59 Å². The summed E-state index contributed by atoms with van der Waals surface area (Å²) in [5, 5.41) is 5.02. The topological polar surface area (TPSA) is 58.6 Å². The standard InChI is InChI=1S/C20H28N2O3S/c1-13-6-10-26-17(13)19(24)22-9-8-20(14(2)12-22)7-5-16(25-20)18(23)21-11-15-3-4-15/h6,10,14-16H,3-5,7-9,11-12H2,1-2H3,(H,21,23)/t14-,16-,20-/m1/s1. The van der Waals surface area contributed by atoms with Gasteiger partial charge in [0.15, 0.2) is 0 Å². The Bertz CT molecular complexity index is 699. The minimum atomic E-state index is -0.321. The first kappa shape index (κ1) is 18.0. The summed E-state index contributed by atoms with van der Waals surface area (Å²) < 4.78 is 6.31. The highest BCUT2D eigenvalue weighted by Gasteiger charge is 2.49. The van der Waals surface area contributed by atoms with Gasteiger partial charge in [0, 0.05) is 25.6 Å². The summed E-state index contributed by atoms with van der Waals surface area (Å²) in [4.78, 5) is 28.0. The second kappa shape index (κ2) is 6.97. The first-order chi connectivity index (χ1) is 12.5. The Hall–Kier alpha value is -1.40. The van der Waals surface area contributed by atoms with Crippen molar-refractivity contribution in [3.05, 3.63) is 21.9 Å². The van der Waals surface area contributed by atoms with Crippen molar-refractivity contribution in [2.75, 3.05) is 19.6 Å². The minimum Gasteiger partial charge on any atom is -0.362 e. The van der Waals surface area contributed by atoms with Crippen LogP contribution in [0.1, 0.15) is 54.3 Å². The molecule has 1 aromatic heterocycles. The van der Waals surface area contributed by atoms with Crippen LogP contribution in [0.5, 0.6) is 0 Å². The van der Waals surface area contributed by atoms with Gasteiger partial charge in [-0.3, -0.25) is 9.59 Å². The lowest BCUT2D eigenvalue weighted by atomic mass is 9.80. The third-order valence-electron chi connectivity index (χ3n) is 6.30. The number of hydrogen-bond donors (Lipinski definition) is 1. The summed E-state index contributed by atoms with van der Waals surface area (Å²) in [5.74, 6) is 1.11. The summed E-state index contributed by atoms with van der Waals surface area (Å²) in [6.45, 7) is 6.35. The van der Waals surface area contributed by atoms with Gasteiger partial charge in [-0.2, -0.15) is 0 Å². The van der Waals surface area contributed by atoms with Crippen LogP contribution in [0.2, 0.25) is 0 Å². The van der Waals surface area contributed by atoms with Crippen LogP contribution in [0.3, 0.4) is 0 Å². The zero-order chi connectivity index (χ0) is 18.3. The molecule has 0 unspecified atom stereocenters. The SMILES string of the molecule is Cc1ccsc1C(=O)N1CC[C@]2(CC[C@H](C(=O)NCC3CC3)O2)[C@H](C)C1. The summed E-state index contributed by atoms with van der Waals surface area (Å²) in [5.41, 5.74) is 0.806. The zero-order valence-electron chi connectivity index (χ0n) is 15.6. The Morgan fingerprint density at radius 1 is 1.35 bits per heavy atom. The number of nitrogens with one attached hydrogen (secondary N) is 1. The molecule has 1 spiro atoms. The number of carbonyl (C=O) groups is 2. The van der Waals surface area contributed by atoms with Crippen molar-refractivity contribution in [1.29, 1.82) is 0 Å². The van der Waals surface area contributed by atoms with Gasteiger partial charge in [-0.15, -0.1) is 11.3 Å². The smallest absolute Gasteiger partial charge is 0.264 e. The van der Waals surface area contributed by atoms with Crippen LogP contribution in [0.4, 0.5) is 0 Å². The molecule has 2 saturated heterocycles. The van der Waals surface area contributed by atoms with Gasteiger partial charge in [-0.25, -0.2) is 0 Å². The third kappa shape index (κ3) is 3.41. The molecule has 1 saturated carbocycles. The summed E-state index contributed by atoms with van der Waals surface area (Å²) in [6.07, 6.45) is 4.67. The molecule has 1 N–H and O–H groups in total. The monoisotopic (exact) mass is 376 g/mol. The fourth-order valence-corrected chi connectivity index (χ4v) is 5.16. The van der Waals surface area contributed by atoms with Gasteiger partial charge in [0.25, 0.3) is 5.91 Å². The molecule has 3 heterocycles. The van der Waals surface area contributed by atoms with Gasteiger partial charge in [0.05, 0.1) is 10.5 Å². The molecule has 3 aliphatic rings. The van der Waals surface area contributed by atoms with Crippen molar-refractivity contribution in [2.24, 2.45) is 11.8 Å². The van der Waals surface area contributed by atoms with E-state index < -0.39 is 0 Å². The number of piperidine rings is 1. The van der Waals surface area contributed by atoms with Gasteiger partial charge >= 0.3 is 0 Å². The number of ether oxygens (including phenoxy) is 1. The van der Waals surface area contributed by atoms with E-state index in [2.05, 4.69) is 12.2 Å². The van der Waals surface area contributed by atoms with Gasteiger partial charge in [-0.1, -0.05) is 6.92 Å². The highest BCUT2D eigenvalue weighted by molar-refractivity contribution is 7.12. The lowest BCUT2D eigenvalue weighted by Crippen LogP contribution is -2.53. The van der Waals surface area contributed by atoms with Crippen molar-refractivity contribution in [3.8, 4) is 0 Å². The predicted molar refractivity (Wildman–Crippen MR) is 101 cm³/mol. The molecule has 26 heavy (non-hydrogen) atoms. The maximum Gasteiger partial charge on any atom is 0.264 e. The maximum absolute atomic E-state index is 12.8. The first-order valence-corrected chi connectivity index (χ1v) is 10.7. The second-order valence-corrected chi connectivity index (χ2v) is 9.15. The van der Waals surface area contributed by atoms with Crippen LogP contribution < -0.4 is 5.32 Å². The summed E-state index contributed by atoms with van der Waals surface area (Å²) in [6, 6.07) is 2.00. The quantitative estimate of drug-likeness (QED) is 0.879. The van der Waals surface area contributed by atoms with Crippen molar-refractivity contribution in [2.45, 2.75) is 57.7 Å². The van der Waals surface area contributed by atoms with Gasteiger partial charge in [0.1, 0.15) is 6.10 Å². The molecule has 1 aromatic rings. The molecule has 142 valence electrons. The average molecular weight is 377 g/mol. The average Bonchev–Trinajstić information content (AvgIpc) is 3.21. The van der Waals surface area contributed by atoms with E-state index in [0.29, 0.717) is 19.0 Å². The van der Waals surface area contributed by atoms with Gasteiger partial charge in [-0.05, 0) is 62.0 Å². The van der Waals surface area contributed by atoms with Crippen LogP contribution in [-0.4, -0.2) is 48.1 Å². The number of carbonyl (C=O) groups excluding carboxylic acids is 2. The third-order valence-corrected chi connectivity index (χ3v) is 7.31. The first-order valence-electron chi connectivity index (χ1n) is 9.77. The number of nitrogens with zero attached hydrogens (tertiary/aromatic N) is 1. The number of amides is 2. The van der Waals surface area contributed by atoms with Gasteiger partial charge < -0.3 is 15.0 Å². The lowest BCUT2D eigenvalue weighted by Gasteiger charge is -2.44. The van der Waals surface area contributed by atoms with E-state index in [4.69, 9.17) is 4.74 Å². The van der Waals surface area contributed by atoms with Crippen LogP contribution in [0.15, 0.2) is 11.4 Å². The summed E-state index contributed by atoms with van der Waals surface area (Å²) in [7, 11) is 0. The van der Waals surface area contributed by atoms with E-state index in [0.717, 1.165) is 36.2 Å². The Morgan fingerprint density at radius 2 is 2.15 bits per heavy atom. The zero-order valence-corrected chi connectivity index (χ0v) is 16.4. The highest BCUT2D eigenvalue weighted by atomic mass is 32.1. The molecule has 3 atom stereocenters. The van der Waals surface area contributed by atoms with Crippen molar-refractivity contribution < 1.29 is 14.3 Å². The molecule has 5 nitrogen and oxygen atoms in total. The van der Waals surface area contributed by atoms with E-state index in [1.165, 1.54) is 24.2 Å². The molecule has 2 amide bonds. The fraction of sp³-hybridized carbons (Fsp3) is 0.700. The summed E-state index contributed by atoms with van der Waals surface area (Å²) >= 11 is 1.52. The molecule has 0 bridgehead atoms. The van der Waals surface area contributed by atoms with E-state index in [-0.39, 0.29) is 29.4 Å². The van der Waals surface area contributed by atoms with Crippen LogP contribution in [-0.2, 0) is 9.53 Å². The molecule has 0 radical (unpaired) electrons. The van der Waals surface area contributed by atoms with E-state index in [1.54, 1.807) is 0 Å². The van der Waals surface area contributed by atoms with E-state index in [1.807, 2.05) is 23.3 Å². The number of aryl methyl sites for hydroxylation is 1. The van der Waals surface area contributed by atoms with Crippen molar-refractivity contribution in [3.63, 3.8) is 0 Å². The van der Waals surface area contributed by atoms with Crippen LogP contribution >= 0.6 is 11.3 Å². The van der Waals surface area contributed by atoms with Crippen LogP contribution in [0, 0.1) is 18.8 Å².